The van der Waals surface area contributed by atoms with Crippen molar-refractivity contribution in [3.63, 3.8) is 0 Å². The van der Waals surface area contributed by atoms with Crippen LogP contribution in [0.15, 0.2) is 24.3 Å². The Labute approximate surface area is 145 Å². The maximum Gasteiger partial charge on any atom is 0.325 e. The molecule has 1 aromatic carbocycles. The molecule has 0 bridgehead atoms. The van der Waals surface area contributed by atoms with Crippen LogP contribution in [0.25, 0.3) is 0 Å². The third-order valence-electron chi connectivity index (χ3n) is 4.99. The Kier molecular flexibility index (Phi) is 3.74. The highest BCUT2D eigenvalue weighted by Crippen LogP contribution is 2.40. The number of aryl methyl sites for hydroxylation is 2. The number of imide groups is 1. The van der Waals surface area contributed by atoms with Crippen molar-refractivity contribution in [3.8, 4) is 0 Å². The van der Waals surface area contributed by atoms with Gasteiger partial charge in [-0.25, -0.2) is 9.48 Å². The summed E-state index contributed by atoms with van der Waals surface area (Å²) in [6, 6.07) is 7.47. The van der Waals surface area contributed by atoms with Crippen molar-refractivity contribution in [2.75, 3.05) is 0 Å². The van der Waals surface area contributed by atoms with E-state index in [4.69, 9.17) is 0 Å². The van der Waals surface area contributed by atoms with Gasteiger partial charge in [-0.05, 0) is 47.2 Å². The molecule has 3 amide bonds. The SMILES string of the molecule is CCCn1nnnc1CN1C(=O)N[C@]2(CCCc3ccccc32)C1=O. The summed E-state index contributed by atoms with van der Waals surface area (Å²) in [5, 5.41) is 14.5. The molecule has 0 unspecified atom stereocenters. The van der Waals surface area contributed by atoms with E-state index in [-0.39, 0.29) is 18.5 Å². The molecule has 1 saturated heterocycles. The molecular weight excluding hydrogens is 320 g/mol. The summed E-state index contributed by atoms with van der Waals surface area (Å²) in [6.07, 6.45) is 3.28. The summed E-state index contributed by atoms with van der Waals surface area (Å²) >= 11 is 0. The number of aromatic nitrogens is 4. The molecule has 1 N–H and O–H groups in total. The Hall–Kier alpha value is -2.77. The summed E-state index contributed by atoms with van der Waals surface area (Å²) in [6.45, 7) is 2.76. The van der Waals surface area contributed by atoms with Gasteiger partial charge >= 0.3 is 6.03 Å². The molecule has 2 aromatic rings. The molecular formula is C17H20N6O2. The van der Waals surface area contributed by atoms with E-state index in [0.717, 1.165) is 30.4 Å². The van der Waals surface area contributed by atoms with Gasteiger partial charge in [0.15, 0.2) is 5.82 Å². The van der Waals surface area contributed by atoms with Gasteiger partial charge in [-0.3, -0.25) is 9.69 Å². The first-order chi connectivity index (χ1) is 12.2. The van der Waals surface area contributed by atoms with Gasteiger partial charge in [0.2, 0.25) is 0 Å². The molecule has 130 valence electrons. The average molecular weight is 340 g/mol. The monoisotopic (exact) mass is 340 g/mol. The number of nitrogens with zero attached hydrogens (tertiary/aromatic N) is 5. The van der Waals surface area contributed by atoms with Crippen molar-refractivity contribution in [2.45, 2.75) is 51.2 Å². The maximum atomic E-state index is 13.2. The van der Waals surface area contributed by atoms with E-state index in [9.17, 15) is 9.59 Å². The Balaban J connectivity index is 1.66. The molecule has 2 heterocycles. The molecule has 1 spiro atoms. The van der Waals surface area contributed by atoms with Crippen LogP contribution in [0.3, 0.4) is 0 Å². The van der Waals surface area contributed by atoms with E-state index < -0.39 is 5.54 Å². The summed E-state index contributed by atoms with van der Waals surface area (Å²) in [5.41, 5.74) is 1.09. The second-order valence-electron chi connectivity index (χ2n) is 6.56. The number of benzene rings is 1. The van der Waals surface area contributed by atoms with Crippen molar-refractivity contribution in [1.29, 1.82) is 0 Å². The number of nitrogens with one attached hydrogen (secondary N) is 1. The molecule has 8 heteroatoms. The zero-order chi connectivity index (χ0) is 17.4. The minimum Gasteiger partial charge on any atom is -0.319 e. The number of rotatable bonds is 4. The van der Waals surface area contributed by atoms with Crippen LogP contribution >= 0.6 is 0 Å². The van der Waals surface area contributed by atoms with Crippen LogP contribution in [0.2, 0.25) is 0 Å². The number of carbonyl (C=O) groups excluding carboxylic acids is 2. The van der Waals surface area contributed by atoms with Gasteiger partial charge in [-0.15, -0.1) is 5.10 Å². The van der Waals surface area contributed by atoms with Crippen LogP contribution in [0.1, 0.15) is 43.1 Å². The molecule has 1 aromatic heterocycles. The van der Waals surface area contributed by atoms with Gasteiger partial charge < -0.3 is 5.32 Å². The predicted octanol–water partition coefficient (Wildman–Crippen LogP) is 1.37. The third kappa shape index (κ3) is 2.40. The number of tetrazole rings is 1. The largest absolute Gasteiger partial charge is 0.325 e. The third-order valence-corrected chi connectivity index (χ3v) is 4.99. The molecule has 1 atom stereocenters. The molecule has 1 aliphatic carbocycles. The van der Waals surface area contributed by atoms with Crippen molar-refractivity contribution < 1.29 is 9.59 Å². The van der Waals surface area contributed by atoms with Gasteiger partial charge in [0, 0.05) is 6.54 Å². The fourth-order valence-corrected chi connectivity index (χ4v) is 3.82. The van der Waals surface area contributed by atoms with Crippen molar-refractivity contribution in [3.05, 3.63) is 41.2 Å². The van der Waals surface area contributed by atoms with Crippen molar-refractivity contribution >= 4 is 11.9 Å². The fraction of sp³-hybridized carbons (Fsp3) is 0.471. The van der Waals surface area contributed by atoms with E-state index in [0.29, 0.717) is 18.8 Å². The molecule has 0 radical (unpaired) electrons. The average Bonchev–Trinajstić information content (AvgIpc) is 3.15. The maximum absolute atomic E-state index is 13.2. The smallest absolute Gasteiger partial charge is 0.319 e. The van der Waals surface area contributed by atoms with Crippen LogP contribution in [0, 0.1) is 0 Å². The fourth-order valence-electron chi connectivity index (χ4n) is 3.82. The summed E-state index contributed by atoms with van der Waals surface area (Å²) < 4.78 is 1.64. The number of fused-ring (bicyclic) bond motifs is 2. The topological polar surface area (TPSA) is 93.0 Å². The summed E-state index contributed by atoms with van der Waals surface area (Å²) in [4.78, 5) is 27.0. The quantitative estimate of drug-likeness (QED) is 0.849. The van der Waals surface area contributed by atoms with Crippen LogP contribution in [0.4, 0.5) is 4.79 Å². The van der Waals surface area contributed by atoms with Crippen molar-refractivity contribution in [1.82, 2.24) is 30.4 Å². The first-order valence-corrected chi connectivity index (χ1v) is 8.63. The lowest BCUT2D eigenvalue weighted by Gasteiger charge is -2.33. The lowest BCUT2D eigenvalue weighted by molar-refractivity contribution is -0.132. The number of hydrogen-bond acceptors (Lipinski definition) is 5. The van der Waals surface area contributed by atoms with Crippen molar-refractivity contribution in [2.24, 2.45) is 0 Å². The second-order valence-corrected chi connectivity index (χ2v) is 6.56. The zero-order valence-electron chi connectivity index (χ0n) is 14.1. The molecule has 2 aliphatic rings. The van der Waals surface area contributed by atoms with E-state index in [1.807, 2.05) is 31.2 Å². The van der Waals surface area contributed by atoms with E-state index >= 15 is 0 Å². The van der Waals surface area contributed by atoms with Crippen LogP contribution in [-0.2, 0) is 29.8 Å². The summed E-state index contributed by atoms with van der Waals surface area (Å²) in [5.74, 6) is 0.308. The highest BCUT2D eigenvalue weighted by molar-refractivity contribution is 6.07. The van der Waals surface area contributed by atoms with E-state index in [1.54, 1.807) is 4.68 Å². The first-order valence-electron chi connectivity index (χ1n) is 8.63. The number of hydrogen-bond donors (Lipinski definition) is 1. The second kappa shape index (κ2) is 5.94. The van der Waals surface area contributed by atoms with Gasteiger partial charge in [0.05, 0.1) is 6.54 Å². The molecule has 25 heavy (non-hydrogen) atoms. The van der Waals surface area contributed by atoms with Gasteiger partial charge in [0.1, 0.15) is 5.54 Å². The molecule has 8 nitrogen and oxygen atoms in total. The zero-order valence-corrected chi connectivity index (χ0v) is 14.1. The normalized spacial score (nSPS) is 22.4. The predicted molar refractivity (Wildman–Crippen MR) is 88.2 cm³/mol. The number of amides is 3. The van der Waals surface area contributed by atoms with Crippen LogP contribution in [-0.4, -0.2) is 37.0 Å². The Bertz CT molecular complexity index is 832. The summed E-state index contributed by atoms with van der Waals surface area (Å²) in [7, 11) is 0. The molecule has 1 aliphatic heterocycles. The van der Waals surface area contributed by atoms with Gasteiger partial charge in [-0.1, -0.05) is 31.2 Å². The minimum atomic E-state index is -0.949. The lowest BCUT2D eigenvalue weighted by Crippen LogP contribution is -2.46. The van der Waals surface area contributed by atoms with E-state index in [2.05, 4.69) is 20.8 Å². The Morgan fingerprint density at radius 2 is 2.12 bits per heavy atom. The Morgan fingerprint density at radius 3 is 2.96 bits per heavy atom. The van der Waals surface area contributed by atoms with Crippen LogP contribution < -0.4 is 5.32 Å². The highest BCUT2D eigenvalue weighted by atomic mass is 16.2. The molecule has 4 rings (SSSR count). The molecule has 1 fully saturated rings. The lowest BCUT2D eigenvalue weighted by atomic mass is 9.76. The van der Waals surface area contributed by atoms with Gasteiger partial charge in [-0.2, -0.15) is 0 Å². The minimum absolute atomic E-state index is 0.0849. The molecule has 0 saturated carbocycles. The highest BCUT2D eigenvalue weighted by Gasteiger charge is 2.54. The van der Waals surface area contributed by atoms with E-state index in [1.165, 1.54) is 4.90 Å². The van der Waals surface area contributed by atoms with Crippen LogP contribution in [0.5, 0.6) is 0 Å². The Morgan fingerprint density at radius 1 is 1.28 bits per heavy atom. The van der Waals surface area contributed by atoms with Gasteiger partial charge in [0.25, 0.3) is 5.91 Å². The number of carbonyl (C=O) groups is 2. The standard InChI is InChI=1S/C17H20N6O2/c1-2-10-23-14(19-20-21-23)11-22-15(24)17(18-16(22)25)9-5-7-12-6-3-4-8-13(12)17/h3-4,6,8H,2,5,7,9-11H2,1H3,(H,18,25)/t17-/m0/s1. The first kappa shape index (κ1) is 15.7. The number of urea groups is 1.